The summed E-state index contributed by atoms with van der Waals surface area (Å²) in [6.07, 6.45) is -0.820. The Morgan fingerprint density at radius 3 is 2.18 bits per heavy atom. The van der Waals surface area contributed by atoms with E-state index < -0.39 is 24.0 Å². The van der Waals surface area contributed by atoms with Crippen LogP contribution in [-0.2, 0) is 22.7 Å². The topological polar surface area (TPSA) is 172 Å². The average Bonchev–Trinajstić information content (AvgIpc) is 2.50. The molecular weight excluding hydrogens is 292 g/mol. The Kier molecular flexibility index (Phi) is 6.11. The van der Waals surface area contributed by atoms with Crippen LogP contribution in [0.4, 0.5) is 0 Å². The summed E-state index contributed by atoms with van der Waals surface area (Å²) in [5.74, 6) is -3.95. The van der Waals surface area contributed by atoms with Crippen molar-refractivity contribution in [2.24, 2.45) is 10.2 Å². The fourth-order valence-corrected chi connectivity index (χ4v) is 1.64. The number of nitrogens with zero attached hydrogens (tertiary/aromatic N) is 6. The first-order chi connectivity index (χ1) is 10.5. The third-order valence-corrected chi connectivity index (χ3v) is 2.69. The van der Waals surface area contributed by atoms with Crippen LogP contribution in [0.2, 0.25) is 0 Å². The van der Waals surface area contributed by atoms with Gasteiger partial charge in [0.15, 0.2) is 11.6 Å². The number of rotatable bonds is 8. The summed E-state index contributed by atoms with van der Waals surface area (Å²) in [4.78, 5) is 38.3. The quantitative estimate of drug-likeness (QED) is 0.175. The van der Waals surface area contributed by atoms with E-state index in [9.17, 15) is 19.5 Å². The summed E-state index contributed by atoms with van der Waals surface area (Å²) in [5, 5.41) is 17.1. The highest BCUT2D eigenvalue weighted by atomic mass is 16.4. The van der Waals surface area contributed by atoms with E-state index in [0.717, 1.165) is 0 Å². The highest BCUT2D eigenvalue weighted by Gasteiger charge is 2.14. The zero-order chi connectivity index (χ0) is 16.5. The number of carboxylic acids is 1. The minimum Gasteiger partial charge on any atom is -0.542 e. The maximum Gasteiger partial charge on any atom is 0.185 e. The molecule has 0 spiro atoms. The first-order valence-electron chi connectivity index (χ1n) is 5.90. The third kappa shape index (κ3) is 4.64. The van der Waals surface area contributed by atoms with Crippen LogP contribution in [0.15, 0.2) is 28.4 Å². The predicted molar refractivity (Wildman–Crippen MR) is 71.1 cm³/mol. The van der Waals surface area contributed by atoms with E-state index in [-0.39, 0.29) is 18.7 Å². The summed E-state index contributed by atoms with van der Waals surface area (Å²) in [5.41, 5.74) is 17.7. The van der Waals surface area contributed by atoms with Crippen LogP contribution in [-0.4, -0.2) is 17.5 Å². The second-order valence-electron chi connectivity index (χ2n) is 4.07. The minimum atomic E-state index is -1.93. The van der Waals surface area contributed by atoms with Gasteiger partial charge in [0, 0.05) is 15.4 Å². The zero-order valence-electron chi connectivity index (χ0n) is 11.2. The number of carbonyl (C=O) groups is 3. The number of hydrogen-bond donors (Lipinski definition) is 0. The molecule has 0 aliphatic heterocycles. The summed E-state index contributed by atoms with van der Waals surface area (Å²) >= 11 is 0. The number of hydrogen-bond acceptors (Lipinski definition) is 6. The lowest BCUT2D eigenvalue weighted by molar-refractivity contribution is -0.299. The van der Waals surface area contributed by atoms with Crippen molar-refractivity contribution in [1.29, 1.82) is 0 Å². The number of Topliss-reactive ketones (excluding diaryl/α,β-unsaturated/α-hetero) is 2. The Morgan fingerprint density at radius 1 is 1.05 bits per heavy atom. The highest BCUT2D eigenvalue weighted by molar-refractivity contribution is 6.36. The van der Waals surface area contributed by atoms with Gasteiger partial charge in [-0.15, -0.1) is 0 Å². The molecule has 0 aliphatic carbocycles. The molecule has 0 aromatic heterocycles. The molecule has 0 aliphatic rings. The lowest BCUT2D eigenvalue weighted by Gasteiger charge is -2.08. The molecule has 0 radical (unpaired) electrons. The van der Waals surface area contributed by atoms with Gasteiger partial charge >= 0.3 is 0 Å². The van der Waals surface area contributed by atoms with Crippen molar-refractivity contribution in [1.82, 2.24) is 0 Å². The normalized spacial score (nSPS) is 9.27. The zero-order valence-corrected chi connectivity index (χ0v) is 11.2. The second kappa shape index (κ2) is 8.05. The van der Waals surface area contributed by atoms with Crippen LogP contribution in [0.5, 0.6) is 0 Å². The first-order valence-corrected chi connectivity index (χ1v) is 5.90. The predicted octanol–water partition coefficient (Wildman–Crippen LogP) is 1.20. The van der Waals surface area contributed by atoms with Gasteiger partial charge in [-0.05, 0) is 28.3 Å². The summed E-state index contributed by atoms with van der Waals surface area (Å²) in [6.45, 7) is -0.0818. The molecule has 0 bridgehead atoms. The number of azide groups is 2. The lowest BCUT2D eigenvalue weighted by atomic mass is 9.99. The lowest BCUT2D eigenvalue weighted by Crippen LogP contribution is -2.32. The van der Waals surface area contributed by atoms with Crippen molar-refractivity contribution in [3.05, 3.63) is 55.8 Å². The molecule has 10 heteroatoms. The van der Waals surface area contributed by atoms with Gasteiger partial charge in [0.1, 0.15) is 5.97 Å². The second-order valence-corrected chi connectivity index (χ2v) is 4.07. The summed E-state index contributed by atoms with van der Waals surface area (Å²) < 4.78 is 0. The number of aliphatic carboxylic acids is 1. The van der Waals surface area contributed by atoms with Gasteiger partial charge in [-0.1, -0.05) is 22.4 Å². The van der Waals surface area contributed by atoms with Gasteiger partial charge in [-0.25, -0.2) is 0 Å². The third-order valence-electron chi connectivity index (χ3n) is 2.69. The molecule has 0 saturated carbocycles. The Labute approximate surface area is 123 Å². The molecule has 0 N–H and O–H groups in total. The SMILES string of the molecule is [N-]=[N+]=NCc1ccc(C(=O)CC(=O)C(=O)[O-])cc1CN=[N+]=[N-]. The molecule has 0 fully saturated rings. The van der Waals surface area contributed by atoms with Crippen molar-refractivity contribution in [2.45, 2.75) is 19.5 Å². The van der Waals surface area contributed by atoms with Crippen molar-refractivity contribution in [2.75, 3.05) is 0 Å². The molecule has 0 saturated heterocycles. The van der Waals surface area contributed by atoms with Gasteiger partial charge in [-0.3, -0.25) is 9.59 Å². The fourth-order valence-electron chi connectivity index (χ4n) is 1.64. The van der Waals surface area contributed by atoms with Gasteiger partial charge in [0.05, 0.1) is 19.5 Å². The molecular formula is C12H9N6O4-. The maximum absolute atomic E-state index is 11.8. The number of carboxylic acid groups (broad SMARTS) is 1. The number of benzene rings is 1. The van der Waals surface area contributed by atoms with Crippen LogP contribution >= 0.6 is 0 Å². The Hall–Kier alpha value is -3.35. The number of carbonyl (C=O) groups excluding carboxylic acids is 3. The van der Waals surface area contributed by atoms with Crippen LogP contribution < -0.4 is 5.11 Å². The molecule has 0 heterocycles. The average molecular weight is 301 g/mol. The van der Waals surface area contributed by atoms with E-state index in [1.807, 2.05) is 0 Å². The van der Waals surface area contributed by atoms with E-state index in [1.165, 1.54) is 18.2 Å². The summed E-state index contributed by atoms with van der Waals surface area (Å²) in [6, 6.07) is 4.21. The van der Waals surface area contributed by atoms with Crippen molar-refractivity contribution in [3.8, 4) is 0 Å². The Morgan fingerprint density at radius 2 is 1.64 bits per heavy atom. The monoisotopic (exact) mass is 301 g/mol. The summed E-state index contributed by atoms with van der Waals surface area (Å²) in [7, 11) is 0. The van der Waals surface area contributed by atoms with Crippen LogP contribution in [0.25, 0.3) is 20.9 Å². The van der Waals surface area contributed by atoms with Crippen LogP contribution in [0.3, 0.4) is 0 Å². The van der Waals surface area contributed by atoms with E-state index in [2.05, 4.69) is 20.1 Å². The van der Waals surface area contributed by atoms with Crippen LogP contribution in [0, 0.1) is 0 Å². The Balaban J connectivity index is 3.08. The molecule has 1 aromatic carbocycles. The molecule has 1 rings (SSSR count). The first kappa shape index (κ1) is 16.7. The maximum atomic E-state index is 11.8. The molecule has 0 atom stereocenters. The highest BCUT2D eigenvalue weighted by Crippen LogP contribution is 2.16. The van der Waals surface area contributed by atoms with Crippen molar-refractivity contribution in [3.63, 3.8) is 0 Å². The standard InChI is InChI=1S/C12H10N6O4/c13-17-15-5-8-2-1-7(3-9(8)6-16-18-14)10(19)4-11(20)12(21)22/h1-3H,4-6H2,(H,21,22)/p-1. The van der Waals surface area contributed by atoms with Crippen LogP contribution in [0.1, 0.15) is 27.9 Å². The molecule has 0 unspecified atom stereocenters. The van der Waals surface area contributed by atoms with E-state index in [4.69, 9.17) is 11.1 Å². The van der Waals surface area contributed by atoms with E-state index in [1.54, 1.807) is 0 Å². The largest absolute Gasteiger partial charge is 0.542 e. The van der Waals surface area contributed by atoms with Gasteiger partial charge in [0.25, 0.3) is 0 Å². The Bertz CT molecular complexity index is 716. The number of ketones is 2. The molecule has 10 nitrogen and oxygen atoms in total. The van der Waals surface area contributed by atoms with Crippen molar-refractivity contribution >= 4 is 17.5 Å². The fraction of sp³-hybridized carbons (Fsp3) is 0.250. The van der Waals surface area contributed by atoms with Gasteiger partial charge < -0.3 is 9.90 Å². The minimum absolute atomic E-state index is 0.000765. The van der Waals surface area contributed by atoms with Gasteiger partial charge in [0.2, 0.25) is 0 Å². The molecule has 0 amide bonds. The van der Waals surface area contributed by atoms with E-state index in [0.29, 0.717) is 11.1 Å². The molecule has 112 valence electrons. The molecule has 1 aromatic rings. The van der Waals surface area contributed by atoms with E-state index >= 15 is 0 Å². The van der Waals surface area contributed by atoms with Crippen molar-refractivity contribution < 1.29 is 19.5 Å². The molecule has 22 heavy (non-hydrogen) atoms. The smallest absolute Gasteiger partial charge is 0.185 e. The van der Waals surface area contributed by atoms with Gasteiger partial charge in [-0.2, -0.15) is 0 Å².